The number of halogens is 3. The summed E-state index contributed by atoms with van der Waals surface area (Å²) < 4.78 is 43.2. The minimum absolute atomic E-state index is 0.0139. The van der Waals surface area contributed by atoms with Crippen molar-refractivity contribution in [3.63, 3.8) is 0 Å². The molecule has 3 amide bonds. The normalized spacial score (nSPS) is 13.5. The van der Waals surface area contributed by atoms with Crippen LogP contribution in [0, 0.1) is 0 Å². The van der Waals surface area contributed by atoms with Gasteiger partial charge in [-0.05, 0) is 41.6 Å². The first-order valence-corrected chi connectivity index (χ1v) is 10.4. The van der Waals surface area contributed by atoms with Gasteiger partial charge in [0.2, 0.25) is 5.91 Å². The maximum Gasteiger partial charge on any atom is 0.416 e. The van der Waals surface area contributed by atoms with Crippen molar-refractivity contribution in [2.24, 2.45) is 0 Å². The average Bonchev–Trinajstić information content (AvgIpc) is 3.18. The first-order valence-electron chi connectivity index (χ1n) is 9.48. The van der Waals surface area contributed by atoms with Gasteiger partial charge >= 0.3 is 12.2 Å². The van der Waals surface area contributed by atoms with Crippen molar-refractivity contribution in [2.45, 2.75) is 25.6 Å². The van der Waals surface area contributed by atoms with Crippen LogP contribution in [-0.4, -0.2) is 43.1 Å². The van der Waals surface area contributed by atoms with E-state index in [2.05, 4.69) is 10.6 Å². The fourth-order valence-electron chi connectivity index (χ4n) is 3.06. The van der Waals surface area contributed by atoms with Crippen molar-refractivity contribution in [3.8, 4) is 5.75 Å². The van der Waals surface area contributed by atoms with E-state index < -0.39 is 17.8 Å². The smallest absolute Gasteiger partial charge is 0.416 e. The van der Waals surface area contributed by atoms with E-state index in [-0.39, 0.29) is 37.8 Å². The number of urea groups is 1. The van der Waals surface area contributed by atoms with Gasteiger partial charge in [0.05, 0.1) is 12.1 Å². The lowest BCUT2D eigenvalue weighted by atomic mass is 10.1. The minimum Gasteiger partial charge on any atom is -0.492 e. The molecule has 2 aromatic rings. The Balaban J connectivity index is 1.30. The first kappa shape index (κ1) is 21.9. The van der Waals surface area contributed by atoms with E-state index in [1.54, 1.807) is 16.2 Å². The second-order valence-electron chi connectivity index (χ2n) is 6.74. The molecule has 1 aromatic heterocycles. The molecule has 3 rings (SSSR count). The Morgan fingerprint density at radius 1 is 1.17 bits per heavy atom. The highest BCUT2D eigenvalue weighted by Crippen LogP contribution is 2.31. The summed E-state index contributed by atoms with van der Waals surface area (Å²) in [7, 11) is 0. The van der Waals surface area contributed by atoms with Crippen molar-refractivity contribution in [2.75, 3.05) is 26.2 Å². The van der Waals surface area contributed by atoms with Crippen molar-refractivity contribution in [1.29, 1.82) is 0 Å². The summed E-state index contributed by atoms with van der Waals surface area (Å²) in [6.07, 6.45) is -3.37. The average molecular weight is 441 g/mol. The molecule has 1 aromatic carbocycles. The van der Waals surface area contributed by atoms with Gasteiger partial charge in [0.25, 0.3) is 0 Å². The number of nitrogens with one attached hydrogen (secondary N) is 2. The highest BCUT2D eigenvalue weighted by Gasteiger charge is 2.30. The SMILES string of the molecule is O=C(NCCOc1cccc(C(F)(F)F)c1)NCCC(=O)N1CCc2sccc2C1. The Labute approximate surface area is 176 Å². The Bertz CT molecular complexity index is 885. The summed E-state index contributed by atoms with van der Waals surface area (Å²) in [6, 6.07) is 6.12. The molecular weight excluding hydrogens is 419 g/mol. The lowest BCUT2D eigenvalue weighted by Gasteiger charge is -2.27. The van der Waals surface area contributed by atoms with Gasteiger partial charge in [-0.25, -0.2) is 4.79 Å². The molecule has 0 unspecified atom stereocenters. The lowest BCUT2D eigenvalue weighted by Crippen LogP contribution is -2.41. The summed E-state index contributed by atoms with van der Waals surface area (Å²) >= 11 is 1.71. The number of amides is 3. The van der Waals surface area contributed by atoms with Crippen LogP contribution in [0.5, 0.6) is 5.75 Å². The zero-order valence-corrected chi connectivity index (χ0v) is 16.9. The molecule has 6 nitrogen and oxygen atoms in total. The van der Waals surface area contributed by atoms with E-state index in [1.807, 2.05) is 11.4 Å². The molecule has 0 atom stereocenters. The van der Waals surface area contributed by atoms with Gasteiger partial charge in [0, 0.05) is 30.9 Å². The number of rotatable bonds is 7. The molecule has 0 saturated heterocycles. The summed E-state index contributed by atoms with van der Waals surface area (Å²) in [5, 5.41) is 7.16. The number of carbonyl (C=O) groups is 2. The number of fused-ring (bicyclic) bond motifs is 1. The van der Waals surface area contributed by atoms with E-state index in [9.17, 15) is 22.8 Å². The third-order valence-electron chi connectivity index (χ3n) is 4.60. The Kier molecular flexibility index (Phi) is 7.20. The van der Waals surface area contributed by atoms with Gasteiger partial charge in [-0.3, -0.25) is 4.79 Å². The third-order valence-corrected chi connectivity index (χ3v) is 5.63. The maximum atomic E-state index is 12.7. The Morgan fingerprint density at radius 2 is 1.97 bits per heavy atom. The largest absolute Gasteiger partial charge is 0.492 e. The van der Waals surface area contributed by atoms with Crippen LogP contribution in [0.2, 0.25) is 0 Å². The number of alkyl halides is 3. The first-order chi connectivity index (χ1) is 14.3. The molecule has 2 N–H and O–H groups in total. The van der Waals surface area contributed by atoms with Crippen LogP contribution in [0.1, 0.15) is 22.4 Å². The van der Waals surface area contributed by atoms with Gasteiger partial charge in [-0.15, -0.1) is 11.3 Å². The topological polar surface area (TPSA) is 70.7 Å². The number of ether oxygens (including phenoxy) is 1. The summed E-state index contributed by atoms with van der Waals surface area (Å²) in [6.45, 7) is 1.63. The number of nitrogens with zero attached hydrogens (tertiary/aromatic N) is 1. The van der Waals surface area contributed by atoms with Gasteiger partial charge in [0.1, 0.15) is 12.4 Å². The second kappa shape index (κ2) is 9.84. The molecular formula is C20H22F3N3O3S. The standard InChI is InChI=1S/C20H22F3N3O3S/c21-20(22,23)15-2-1-3-16(12-15)29-10-8-25-19(28)24-7-4-18(27)26-9-5-17-14(13-26)6-11-30-17/h1-3,6,11-12H,4-5,7-10,13H2,(H2,24,25,28). The van der Waals surface area contributed by atoms with Gasteiger partial charge in [-0.2, -0.15) is 13.2 Å². The number of benzene rings is 1. The number of hydrogen-bond donors (Lipinski definition) is 2. The number of carbonyl (C=O) groups excluding carboxylic acids is 2. The van der Waals surface area contributed by atoms with Crippen molar-refractivity contribution < 1.29 is 27.5 Å². The summed E-state index contributed by atoms with van der Waals surface area (Å²) in [5.74, 6) is 0.0629. The molecule has 2 heterocycles. The molecule has 0 fully saturated rings. The molecule has 1 aliphatic rings. The second-order valence-corrected chi connectivity index (χ2v) is 7.74. The van der Waals surface area contributed by atoms with Crippen LogP contribution in [0.15, 0.2) is 35.7 Å². The van der Waals surface area contributed by atoms with Crippen molar-refractivity contribution in [3.05, 3.63) is 51.7 Å². The third kappa shape index (κ3) is 6.12. The lowest BCUT2D eigenvalue weighted by molar-refractivity contribution is -0.137. The van der Waals surface area contributed by atoms with Gasteiger partial charge in [0.15, 0.2) is 0 Å². The fourth-order valence-corrected chi connectivity index (χ4v) is 3.95. The highest BCUT2D eigenvalue weighted by molar-refractivity contribution is 7.10. The molecule has 0 saturated carbocycles. The van der Waals surface area contributed by atoms with Crippen LogP contribution >= 0.6 is 11.3 Å². The van der Waals surface area contributed by atoms with Gasteiger partial charge in [-0.1, -0.05) is 6.07 Å². The van der Waals surface area contributed by atoms with Crippen LogP contribution in [-0.2, 0) is 23.9 Å². The van der Waals surface area contributed by atoms with Crippen molar-refractivity contribution >= 4 is 23.3 Å². The number of hydrogen-bond acceptors (Lipinski definition) is 4. The zero-order chi connectivity index (χ0) is 21.6. The highest BCUT2D eigenvalue weighted by atomic mass is 32.1. The quantitative estimate of drug-likeness (QED) is 0.647. The summed E-state index contributed by atoms with van der Waals surface area (Å²) in [5.41, 5.74) is 0.394. The van der Waals surface area contributed by atoms with Crippen molar-refractivity contribution in [1.82, 2.24) is 15.5 Å². The monoisotopic (exact) mass is 441 g/mol. The zero-order valence-electron chi connectivity index (χ0n) is 16.1. The number of thiophene rings is 1. The Hall–Kier alpha value is -2.75. The molecule has 0 spiro atoms. The van der Waals surface area contributed by atoms with E-state index in [0.717, 1.165) is 18.6 Å². The molecule has 0 radical (unpaired) electrons. The van der Waals surface area contributed by atoms with Gasteiger partial charge < -0.3 is 20.3 Å². The van der Waals surface area contributed by atoms with E-state index in [1.165, 1.54) is 22.6 Å². The molecule has 0 aliphatic carbocycles. The van der Waals surface area contributed by atoms with Crippen LogP contribution in [0.4, 0.5) is 18.0 Å². The molecule has 10 heteroatoms. The maximum absolute atomic E-state index is 12.7. The molecule has 1 aliphatic heterocycles. The summed E-state index contributed by atoms with van der Waals surface area (Å²) in [4.78, 5) is 27.2. The molecule has 162 valence electrons. The van der Waals surface area contributed by atoms with E-state index in [4.69, 9.17) is 4.74 Å². The predicted molar refractivity (Wildman–Crippen MR) is 106 cm³/mol. The van der Waals surface area contributed by atoms with E-state index in [0.29, 0.717) is 13.1 Å². The van der Waals surface area contributed by atoms with Crippen LogP contribution in [0.25, 0.3) is 0 Å². The van der Waals surface area contributed by atoms with E-state index >= 15 is 0 Å². The van der Waals surface area contributed by atoms with Crippen LogP contribution < -0.4 is 15.4 Å². The molecule has 0 bridgehead atoms. The molecule has 30 heavy (non-hydrogen) atoms. The Morgan fingerprint density at radius 3 is 2.77 bits per heavy atom. The predicted octanol–water partition coefficient (Wildman–Crippen LogP) is 3.42. The minimum atomic E-state index is -4.44. The van der Waals surface area contributed by atoms with Crippen LogP contribution in [0.3, 0.4) is 0 Å². The fraction of sp³-hybridized carbons (Fsp3) is 0.400.